The molecule has 2 heterocycles. The number of aliphatic hydroxyl groups is 1. The zero-order chi connectivity index (χ0) is 14.6. The minimum Gasteiger partial charge on any atom is -0.493 e. The monoisotopic (exact) mass is 287 g/mol. The van der Waals surface area contributed by atoms with Crippen LogP contribution in [-0.4, -0.2) is 42.9 Å². The summed E-state index contributed by atoms with van der Waals surface area (Å²) in [7, 11) is 3.36. The van der Waals surface area contributed by atoms with Crippen LogP contribution in [-0.2, 0) is 12.0 Å². The van der Waals surface area contributed by atoms with Crippen molar-refractivity contribution in [2.75, 3.05) is 20.8 Å². The summed E-state index contributed by atoms with van der Waals surface area (Å²) in [5.41, 5.74) is 2.70. The molecule has 2 bridgehead atoms. The number of nitrogens with zero attached hydrogens (tertiary/aromatic N) is 1. The van der Waals surface area contributed by atoms with Crippen molar-refractivity contribution < 1.29 is 14.6 Å². The van der Waals surface area contributed by atoms with Gasteiger partial charge >= 0.3 is 0 Å². The van der Waals surface area contributed by atoms with Crippen LogP contribution in [0.4, 0.5) is 0 Å². The van der Waals surface area contributed by atoms with E-state index >= 15 is 0 Å². The van der Waals surface area contributed by atoms with Gasteiger partial charge in [-0.05, 0) is 36.1 Å². The van der Waals surface area contributed by atoms with Crippen LogP contribution < -0.4 is 9.47 Å². The normalized spacial score (nSPS) is 36.0. The smallest absolute Gasteiger partial charge is 0.161 e. The Bertz CT molecular complexity index is 612. The molecule has 4 rings (SSSR count). The summed E-state index contributed by atoms with van der Waals surface area (Å²) in [5, 5.41) is 9.98. The lowest BCUT2D eigenvalue weighted by Gasteiger charge is -2.45. The van der Waals surface area contributed by atoms with Crippen LogP contribution in [0, 0.1) is 0 Å². The molecule has 1 N–H and O–H groups in total. The molecule has 0 radical (unpaired) electrons. The number of hydrogen-bond acceptors (Lipinski definition) is 4. The fraction of sp³-hybridized carbons (Fsp3) is 0.529. The van der Waals surface area contributed by atoms with Gasteiger partial charge in [-0.3, -0.25) is 4.90 Å². The number of aliphatic hydroxyl groups excluding tert-OH is 1. The Morgan fingerprint density at radius 2 is 2.00 bits per heavy atom. The Hall–Kier alpha value is -1.52. The molecule has 1 saturated heterocycles. The van der Waals surface area contributed by atoms with Gasteiger partial charge in [-0.25, -0.2) is 0 Å². The molecule has 0 aromatic heterocycles. The second-order valence-corrected chi connectivity index (χ2v) is 6.30. The zero-order valence-corrected chi connectivity index (χ0v) is 12.5. The second kappa shape index (κ2) is 4.49. The molecule has 1 aliphatic carbocycles. The first-order valence-corrected chi connectivity index (χ1v) is 7.55. The topological polar surface area (TPSA) is 41.9 Å². The highest BCUT2D eigenvalue weighted by atomic mass is 16.5. The summed E-state index contributed by atoms with van der Waals surface area (Å²) in [6.07, 6.45) is 5.82. The van der Waals surface area contributed by atoms with Crippen molar-refractivity contribution in [3.8, 4) is 11.5 Å². The summed E-state index contributed by atoms with van der Waals surface area (Å²) in [5.74, 6) is 1.59. The summed E-state index contributed by atoms with van der Waals surface area (Å²) in [6, 6.07) is 4.66. The van der Waals surface area contributed by atoms with Crippen LogP contribution in [0.25, 0.3) is 0 Å². The van der Waals surface area contributed by atoms with Gasteiger partial charge in [0, 0.05) is 24.5 Å². The van der Waals surface area contributed by atoms with E-state index in [-0.39, 0.29) is 11.5 Å². The van der Waals surface area contributed by atoms with E-state index in [4.69, 9.17) is 9.47 Å². The first-order valence-electron chi connectivity index (χ1n) is 7.55. The quantitative estimate of drug-likeness (QED) is 0.843. The average Bonchev–Trinajstić information content (AvgIpc) is 2.78. The minimum absolute atomic E-state index is 0.0341. The second-order valence-electron chi connectivity index (χ2n) is 6.30. The molecule has 0 spiro atoms. The van der Waals surface area contributed by atoms with Gasteiger partial charge < -0.3 is 14.6 Å². The largest absolute Gasteiger partial charge is 0.493 e. The van der Waals surface area contributed by atoms with Gasteiger partial charge in [-0.1, -0.05) is 12.2 Å². The van der Waals surface area contributed by atoms with E-state index in [1.54, 1.807) is 14.2 Å². The van der Waals surface area contributed by atoms with E-state index in [1.165, 1.54) is 11.1 Å². The van der Waals surface area contributed by atoms with Crippen LogP contribution in [0.15, 0.2) is 24.3 Å². The molecule has 1 aromatic carbocycles. The number of ether oxygens (including phenoxy) is 2. The Kier molecular flexibility index (Phi) is 2.81. The molecule has 4 heteroatoms. The number of methoxy groups -OCH3 is 2. The molecule has 4 nitrogen and oxygen atoms in total. The third-order valence-corrected chi connectivity index (χ3v) is 5.41. The van der Waals surface area contributed by atoms with E-state index in [1.807, 2.05) is 6.08 Å². The summed E-state index contributed by atoms with van der Waals surface area (Å²) >= 11 is 0. The van der Waals surface area contributed by atoms with Crippen molar-refractivity contribution >= 4 is 0 Å². The molecular weight excluding hydrogens is 266 g/mol. The zero-order valence-electron chi connectivity index (χ0n) is 12.5. The fourth-order valence-electron chi connectivity index (χ4n) is 4.42. The molecule has 4 atom stereocenters. The van der Waals surface area contributed by atoms with E-state index in [2.05, 4.69) is 23.1 Å². The highest BCUT2D eigenvalue weighted by molar-refractivity contribution is 5.55. The minimum atomic E-state index is -0.314. The molecule has 0 saturated carbocycles. The van der Waals surface area contributed by atoms with Crippen LogP contribution >= 0.6 is 0 Å². The van der Waals surface area contributed by atoms with Crippen molar-refractivity contribution in [2.24, 2.45) is 0 Å². The molecular formula is C17H21NO3. The van der Waals surface area contributed by atoms with Crippen LogP contribution in [0.3, 0.4) is 0 Å². The van der Waals surface area contributed by atoms with E-state index in [0.29, 0.717) is 6.04 Å². The Labute approximate surface area is 125 Å². The molecule has 3 aliphatic rings. The lowest BCUT2D eigenvalue weighted by atomic mass is 9.66. The molecule has 112 valence electrons. The van der Waals surface area contributed by atoms with Crippen molar-refractivity contribution in [1.82, 2.24) is 4.90 Å². The summed E-state index contributed by atoms with van der Waals surface area (Å²) in [6.45, 7) is 2.02. The highest BCUT2D eigenvalue weighted by Crippen LogP contribution is 2.52. The average molecular weight is 287 g/mol. The third-order valence-electron chi connectivity index (χ3n) is 5.41. The molecule has 0 amide bonds. The first-order chi connectivity index (χ1) is 10.2. The third kappa shape index (κ3) is 1.69. The molecule has 1 aromatic rings. The SMILES string of the molecule is COc1cc2c(cc1OC)[C@@]13C=C[C@@H](O)C[C@@H]1N(CC3)C2. The maximum atomic E-state index is 9.98. The van der Waals surface area contributed by atoms with Gasteiger partial charge in [0.2, 0.25) is 0 Å². The molecule has 1 fully saturated rings. The lowest BCUT2D eigenvalue weighted by Crippen LogP contribution is -2.49. The summed E-state index contributed by atoms with van der Waals surface area (Å²) < 4.78 is 10.9. The fourth-order valence-corrected chi connectivity index (χ4v) is 4.42. The molecule has 2 aliphatic heterocycles. The highest BCUT2D eigenvalue weighted by Gasteiger charge is 2.52. The number of rotatable bonds is 2. The van der Waals surface area contributed by atoms with E-state index in [0.717, 1.165) is 37.4 Å². The van der Waals surface area contributed by atoms with Crippen molar-refractivity contribution in [2.45, 2.75) is 36.9 Å². The Morgan fingerprint density at radius 3 is 2.76 bits per heavy atom. The maximum absolute atomic E-state index is 9.98. The number of benzene rings is 1. The summed E-state index contributed by atoms with van der Waals surface area (Å²) in [4.78, 5) is 2.50. The van der Waals surface area contributed by atoms with Crippen molar-refractivity contribution in [3.05, 3.63) is 35.4 Å². The Morgan fingerprint density at radius 1 is 1.24 bits per heavy atom. The Balaban J connectivity index is 1.91. The van der Waals surface area contributed by atoms with Crippen LogP contribution in [0.5, 0.6) is 11.5 Å². The van der Waals surface area contributed by atoms with Crippen molar-refractivity contribution in [3.63, 3.8) is 0 Å². The van der Waals surface area contributed by atoms with E-state index < -0.39 is 0 Å². The van der Waals surface area contributed by atoms with Gasteiger partial charge in [0.1, 0.15) is 0 Å². The van der Waals surface area contributed by atoms with Gasteiger partial charge in [0.15, 0.2) is 11.5 Å². The first kappa shape index (κ1) is 13.2. The van der Waals surface area contributed by atoms with Crippen LogP contribution in [0.2, 0.25) is 0 Å². The maximum Gasteiger partial charge on any atom is 0.161 e. The predicted octanol–water partition coefficient (Wildman–Crippen LogP) is 1.85. The standard InChI is InChI=1S/C17H21NO3/c1-20-14-7-11-10-18-6-5-17(13(11)9-15(14)21-2)4-3-12(19)8-16(17)18/h3-4,7,9,12,16,19H,5-6,8,10H2,1-2H3/t12-,16+,17+/m1/s1. The van der Waals surface area contributed by atoms with Gasteiger partial charge in [-0.15, -0.1) is 0 Å². The van der Waals surface area contributed by atoms with E-state index in [9.17, 15) is 5.11 Å². The lowest BCUT2D eigenvalue weighted by molar-refractivity contribution is 0.110. The van der Waals surface area contributed by atoms with Crippen molar-refractivity contribution in [1.29, 1.82) is 0 Å². The predicted molar refractivity (Wildman–Crippen MR) is 79.8 cm³/mol. The van der Waals surface area contributed by atoms with Crippen LogP contribution in [0.1, 0.15) is 24.0 Å². The number of fused-ring (bicyclic) bond motifs is 1. The van der Waals surface area contributed by atoms with Gasteiger partial charge in [0.25, 0.3) is 0 Å². The van der Waals surface area contributed by atoms with Gasteiger partial charge in [0.05, 0.1) is 20.3 Å². The number of hydrogen-bond donors (Lipinski definition) is 1. The van der Waals surface area contributed by atoms with Gasteiger partial charge in [-0.2, -0.15) is 0 Å². The molecule has 1 unspecified atom stereocenters. The molecule has 21 heavy (non-hydrogen) atoms.